The average Bonchev–Trinajstić information content (AvgIpc) is 2.93. The zero-order chi connectivity index (χ0) is 11.5. The van der Waals surface area contributed by atoms with Gasteiger partial charge in [-0.1, -0.05) is 12.8 Å². The number of carbonyl (C=O) groups excluding carboxylic acids is 1. The Labute approximate surface area is 97.3 Å². The molecule has 1 aliphatic carbocycles. The number of carbonyl (C=O) groups is 2. The minimum Gasteiger partial charge on any atom is -0.477 e. The molecule has 5 heteroatoms. The summed E-state index contributed by atoms with van der Waals surface area (Å²) in [6.45, 7) is 0.684. The largest absolute Gasteiger partial charge is 0.477 e. The van der Waals surface area contributed by atoms with E-state index < -0.39 is 5.97 Å². The Hall–Kier alpha value is -1.36. The van der Waals surface area contributed by atoms with E-state index in [1.807, 2.05) is 0 Å². The van der Waals surface area contributed by atoms with Crippen LogP contribution in [0, 0.1) is 5.92 Å². The van der Waals surface area contributed by atoms with Crippen molar-refractivity contribution in [1.82, 2.24) is 5.32 Å². The van der Waals surface area contributed by atoms with Gasteiger partial charge in [0.15, 0.2) is 0 Å². The van der Waals surface area contributed by atoms with Gasteiger partial charge in [0.05, 0.1) is 4.88 Å². The molecule has 1 aromatic heterocycles. The number of amides is 1. The van der Waals surface area contributed by atoms with Gasteiger partial charge in [-0.2, -0.15) is 0 Å². The Morgan fingerprint density at radius 2 is 2.06 bits per heavy atom. The lowest BCUT2D eigenvalue weighted by Crippen LogP contribution is -2.23. The molecule has 2 rings (SSSR count). The van der Waals surface area contributed by atoms with Gasteiger partial charge in [0.1, 0.15) is 4.88 Å². The first-order valence-electron chi connectivity index (χ1n) is 5.28. The zero-order valence-electron chi connectivity index (χ0n) is 8.73. The summed E-state index contributed by atoms with van der Waals surface area (Å²) in [5.41, 5.74) is 0. The fourth-order valence-corrected chi connectivity index (χ4v) is 2.22. The van der Waals surface area contributed by atoms with E-state index in [0.29, 0.717) is 11.4 Å². The predicted molar refractivity (Wildman–Crippen MR) is 61.0 cm³/mol. The Bertz CT molecular complexity index is 409. The molecule has 0 bridgehead atoms. The highest BCUT2D eigenvalue weighted by molar-refractivity contribution is 7.15. The van der Waals surface area contributed by atoms with Crippen molar-refractivity contribution in [1.29, 1.82) is 0 Å². The number of carboxylic acid groups (broad SMARTS) is 1. The predicted octanol–water partition coefficient (Wildman–Crippen LogP) is 1.98. The maximum Gasteiger partial charge on any atom is 0.345 e. The molecule has 0 spiro atoms. The topological polar surface area (TPSA) is 66.4 Å². The number of hydrogen-bond donors (Lipinski definition) is 2. The lowest BCUT2D eigenvalue weighted by atomic mass is 10.3. The van der Waals surface area contributed by atoms with E-state index in [0.717, 1.165) is 23.7 Å². The summed E-state index contributed by atoms with van der Waals surface area (Å²) in [7, 11) is 0. The number of rotatable bonds is 5. The molecule has 16 heavy (non-hydrogen) atoms. The summed E-state index contributed by atoms with van der Waals surface area (Å²) in [5.74, 6) is -0.363. The minimum absolute atomic E-state index is 0.168. The molecule has 4 nitrogen and oxygen atoms in total. The number of aromatic carboxylic acids is 1. The summed E-state index contributed by atoms with van der Waals surface area (Å²) >= 11 is 1.01. The van der Waals surface area contributed by atoms with Gasteiger partial charge < -0.3 is 10.4 Å². The second-order valence-electron chi connectivity index (χ2n) is 3.96. The molecule has 0 saturated heterocycles. The summed E-state index contributed by atoms with van der Waals surface area (Å²) in [5, 5.41) is 11.5. The van der Waals surface area contributed by atoms with Gasteiger partial charge in [-0.3, -0.25) is 4.79 Å². The van der Waals surface area contributed by atoms with Gasteiger partial charge in [-0.25, -0.2) is 4.79 Å². The van der Waals surface area contributed by atoms with E-state index in [2.05, 4.69) is 5.32 Å². The fraction of sp³-hybridized carbons (Fsp3) is 0.455. The van der Waals surface area contributed by atoms with E-state index in [-0.39, 0.29) is 10.8 Å². The van der Waals surface area contributed by atoms with Crippen molar-refractivity contribution in [3.8, 4) is 0 Å². The SMILES string of the molecule is O=C(O)c1ccc(C(=O)NCCC2CC2)s1. The highest BCUT2D eigenvalue weighted by atomic mass is 32.1. The van der Waals surface area contributed by atoms with Crippen LogP contribution in [0.5, 0.6) is 0 Å². The average molecular weight is 239 g/mol. The van der Waals surface area contributed by atoms with Crippen molar-refractivity contribution in [3.63, 3.8) is 0 Å². The molecule has 1 heterocycles. The molecular formula is C11H13NO3S. The molecule has 1 aromatic rings. The Morgan fingerprint density at radius 1 is 1.38 bits per heavy atom. The van der Waals surface area contributed by atoms with Crippen LogP contribution in [0.4, 0.5) is 0 Å². The van der Waals surface area contributed by atoms with Crippen molar-refractivity contribution < 1.29 is 14.7 Å². The van der Waals surface area contributed by atoms with Crippen molar-refractivity contribution in [2.45, 2.75) is 19.3 Å². The summed E-state index contributed by atoms with van der Waals surface area (Å²) in [6, 6.07) is 3.02. The molecule has 0 atom stereocenters. The number of thiophene rings is 1. The standard InChI is InChI=1S/C11H13NO3S/c13-10(12-6-5-7-1-2-7)8-3-4-9(16-8)11(14)15/h3-4,7H,1-2,5-6H2,(H,12,13)(H,14,15). The number of carboxylic acids is 1. The van der Waals surface area contributed by atoms with Crippen LogP contribution in [0.15, 0.2) is 12.1 Å². The third-order valence-electron chi connectivity index (χ3n) is 2.58. The van der Waals surface area contributed by atoms with Crippen LogP contribution in [0.1, 0.15) is 38.6 Å². The van der Waals surface area contributed by atoms with Gasteiger partial charge in [0.2, 0.25) is 0 Å². The first kappa shape index (κ1) is 11.1. The van der Waals surface area contributed by atoms with Gasteiger partial charge >= 0.3 is 5.97 Å². The monoisotopic (exact) mass is 239 g/mol. The normalized spacial score (nSPS) is 14.8. The molecule has 1 fully saturated rings. The van der Waals surface area contributed by atoms with Crippen LogP contribution < -0.4 is 5.32 Å². The molecular weight excluding hydrogens is 226 g/mol. The Kier molecular flexibility index (Phi) is 3.24. The van der Waals surface area contributed by atoms with Crippen molar-refractivity contribution in [2.75, 3.05) is 6.54 Å². The van der Waals surface area contributed by atoms with Gasteiger partial charge in [0.25, 0.3) is 5.91 Å². The van der Waals surface area contributed by atoms with Crippen LogP contribution in [0.3, 0.4) is 0 Å². The van der Waals surface area contributed by atoms with E-state index in [1.54, 1.807) is 6.07 Å². The van der Waals surface area contributed by atoms with Crippen LogP contribution >= 0.6 is 11.3 Å². The van der Waals surface area contributed by atoms with E-state index >= 15 is 0 Å². The first-order valence-corrected chi connectivity index (χ1v) is 6.10. The van der Waals surface area contributed by atoms with Crippen LogP contribution in [-0.2, 0) is 0 Å². The second kappa shape index (κ2) is 4.65. The van der Waals surface area contributed by atoms with E-state index in [4.69, 9.17) is 5.11 Å². The third-order valence-corrected chi connectivity index (χ3v) is 3.65. The third kappa shape index (κ3) is 2.82. The van der Waals surface area contributed by atoms with Gasteiger partial charge in [-0.05, 0) is 24.5 Å². The Balaban J connectivity index is 1.84. The van der Waals surface area contributed by atoms with Crippen LogP contribution in [0.2, 0.25) is 0 Å². The Morgan fingerprint density at radius 3 is 2.62 bits per heavy atom. The molecule has 1 aliphatic rings. The zero-order valence-corrected chi connectivity index (χ0v) is 9.55. The minimum atomic E-state index is -0.984. The van der Waals surface area contributed by atoms with E-state index in [9.17, 15) is 9.59 Å². The highest BCUT2D eigenvalue weighted by Gasteiger charge is 2.21. The quantitative estimate of drug-likeness (QED) is 0.825. The molecule has 1 saturated carbocycles. The van der Waals surface area contributed by atoms with Crippen molar-refractivity contribution in [2.24, 2.45) is 5.92 Å². The van der Waals surface area contributed by atoms with Crippen molar-refractivity contribution >= 4 is 23.2 Å². The summed E-state index contributed by atoms with van der Waals surface area (Å²) < 4.78 is 0. The molecule has 0 radical (unpaired) electrons. The second-order valence-corrected chi connectivity index (χ2v) is 5.04. The first-order chi connectivity index (χ1) is 7.66. The molecule has 0 aromatic carbocycles. The number of nitrogens with one attached hydrogen (secondary N) is 1. The molecule has 86 valence electrons. The maximum absolute atomic E-state index is 11.6. The molecule has 1 amide bonds. The lowest BCUT2D eigenvalue weighted by molar-refractivity contribution is 0.0702. The molecule has 0 aliphatic heterocycles. The lowest BCUT2D eigenvalue weighted by Gasteiger charge is -2.01. The summed E-state index contributed by atoms with van der Waals surface area (Å²) in [6.07, 6.45) is 3.58. The molecule has 0 unspecified atom stereocenters. The van der Waals surface area contributed by atoms with Crippen molar-refractivity contribution in [3.05, 3.63) is 21.9 Å². The van der Waals surface area contributed by atoms with Gasteiger partial charge in [0, 0.05) is 6.54 Å². The molecule has 2 N–H and O–H groups in total. The van der Waals surface area contributed by atoms with Crippen LogP contribution in [-0.4, -0.2) is 23.5 Å². The fourth-order valence-electron chi connectivity index (χ4n) is 1.46. The maximum atomic E-state index is 11.6. The van der Waals surface area contributed by atoms with E-state index in [1.165, 1.54) is 18.9 Å². The number of hydrogen-bond acceptors (Lipinski definition) is 3. The van der Waals surface area contributed by atoms with Crippen LogP contribution in [0.25, 0.3) is 0 Å². The van der Waals surface area contributed by atoms with Gasteiger partial charge in [-0.15, -0.1) is 11.3 Å². The highest BCUT2D eigenvalue weighted by Crippen LogP contribution is 2.31. The summed E-state index contributed by atoms with van der Waals surface area (Å²) in [4.78, 5) is 22.9. The smallest absolute Gasteiger partial charge is 0.345 e.